The smallest absolute Gasteiger partial charge is 0.410 e. The molecule has 2 aliphatic heterocycles. The number of fused-ring (bicyclic) bond motifs is 1. The normalized spacial score (nSPS) is 17.6. The summed E-state index contributed by atoms with van der Waals surface area (Å²) in [6, 6.07) is 31.0. The van der Waals surface area contributed by atoms with Gasteiger partial charge >= 0.3 is 12.1 Å². The highest BCUT2D eigenvalue weighted by atomic mass is 35.5. The molecule has 4 atom stereocenters. The van der Waals surface area contributed by atoms with Crippen LogP contribution in [0.5, 0.6) is 23.0 Å². The van der Waals surface area contributed by atoms with Crippen LogP contribution in [0.25, 0.3) is 11.0 Å². The summed E-state index contributed by atoms with van der Waals surface area (Å²) in [5, 5.41) is 11.7. The van der Waals surface area contributed by atoms with Gasteiger partial charge < -0.3 is 37.9 Å². The van der Waals surface area contributed by atoms with Gasteiger partial charge in [-0.3, -0.25) is 9.80 Å². The number of aryl methyl sites for hydroxylation is 1. The lowest BCUT2D eigenvalue weighted by Gasteiger charge is -2.45. The topological polar surface area (TPSA) is 143 Å². The molecule has 5 aromatic carbocycles. The number of aromatic carboxylic acids is 1. The highest BCUT2D eigenvalue weighted by Crippen LogP contribution is 2.33. The Bertz CT molecular complexity index is 3050. The Morgan fingerprint density at radius 2 is 1.33 bits per heavy atom. The van der Waals surface area contributed by atoms with Crippen molar-refractivity contribution < 1.29 is 38.4 Å². The number of ether oxygens (including phenoxy) is 5. The summed E-state index contributed by atoms with van der Waals surface area (Å²) < 4.78 is 33.7. The third kappa shape index (κ3) is 12.9. The van der Waals surface area contributed by atoms with E-state index in [1.54, 1.807) is 59.5 Å². The van der Waals surface area contributed by atoms with Crippen LogP contribution in [0.4, 0.5) is 4.79 Å². The molecule has 72 heavy (non-hydrogen) atoms. The minimum atomic E-state index is -0.962. The zero-order valence-corrected chi connectivity index (χ0v) is 43.8. The number of imidazole rings is 2. The highest BCUT2D eigenvalue weighted by Gasteiger charge is 2.42. The van der Waals surface area contributed by atoms with Crippen molar-refractivity contribution in [3.63, 3.8) is 0 Å². The molecule has 1 amide bonds. The van der Waals surface area contributed by atoms with Crippen molar-refractivity contribution in [2.45, 2.75) is 104 Å². The number of carboxylic acids is 1. The van der Waals surface area contributed by atoms with E-state index in [-0.39, 0.29) is 35.9 Å². The van der Waals surface area contributed by atoms with Crippen molar-refractivity contribution in [3.8, 4) is 23.0 Å². The highest BCUT2D eigenvalue weighted by molar-refractivity contribution is 6.36. The molecule has 9 rings (SSSR count). The largest absolute Gasteiger partial charge is 0.487 e. The summed E-state index contributed by atoms with van der Waals surface area (Å²) >= 11 is 24.3. The average molecular weight is 1060 g/mol. The Hall–Kier alpha value is -6.16. The van der Waals surface area contributed by atoms with Crippen LogP contribution >= 0.6 is 46.4 Å². The van der Waals surface area contributed by atoms with Crippen molar-refractivity contribution in [2.24, 2.45) is 0 Å². The van der Waals surface area contributed by atoms with Crippen molar-refractivity contribution in [1.29, 1.82) is 0 Å². The van der Waals surface area contributed by atoms with Crippen LogP contribution in [-0.2, 0) is 37.6 Å². The molecule has 0 spiro atoms. The third-order valence-electron chi connectivity index (χ3n) is 12.4. The van der Waals surface area contributed by atoms with Crippen molar-refractivity contribution in [3.05, 3.63) is 164 Å². The Kier molecular flexibility index (Phi) is 16.5. The zero-order valence-electron chi connectivity index (χ0n) is 40.7. The number of nitrogens with zero attached hydrogens (tertiary/aromatic N) is 6. The zero-order chi connectivity index (χ0) is 51.3. The fourth-order valence-electron chi connectivity index (χ4n) is 8.25. The molecule has 2 fully saturated rings. The number of aromatic nitrogens is 4. The fourth-order valence-corrected chi connectivity index (χ4v) is 9.17. The van der Waals surface area contributed by atoms with E-state index in [1.807, 2.05) is 88.8 Å². The third-order valence-corrected chi connectivity index (χ3v) is 13.5. The Labute approximate surface area is 438 Å². The van der Waals surface area contributed by atoms with Crippen LogP contribution in [0.3, 0.4) is 0 Å². The number of benzene rings is 5. The number of carbonyl (C=O) groups is 2. The van der Waals surface area contributed by atoms with E-state index in [2.05, 4.69) is 32.9 Å². The van der Waals surface area contributed by atoms with Gasteiger partial charge in [-0.05, 0) is 132 Å². The molecule has 0 aliphatic carbocycles. The van der Waals surface area contributed by atoms with E-state index in [0.717, 1.165) is 58.3 Å². The molecule has 0 radical (unpaired) electrons. The second kappa shape index (κ2) is 22.7. The lowest BCUT2D eigenvalue weighted by molar-refractivity contribution is -0.0536. The first kappa shape index (κ1) is 52.2. The number of amides is 1. The molecule has 7 aromatic rings. The van der Waals surface area contributed by atoms with E-state index in [9.17, 15) is 14.7 Å². The maximum absolute atomic E-state index is 12.2. The molecular formula is C54H56Cl4N6O8. The SMILES string of the molecule is CCn1cncc1Cn1c(CN2C[C@H](Oc3cccc(COc4ccc(Cl)cc4Cl)c3)[C@@H]2C)nc2ccc(C(=O)O)cc21.C[C@H]1[C@@H](Oc2cccc(COc3ccc(Cl)cc3Cl)c2)CN1C(=O)OC(C)(C)C. The van der Waals surface area contributed by atoms with Gasteiger partial charge in [0, 0.05) is 35.4 Å². The molecule has 18 heteroatoms. The van der Waals surface area contributed by atoms with Crippen molar-refractivity contribution in [1.82, 2.24) is 28.9 Å². The van der Waals surface area contributed by atoms with Gasteiger partial charge in [0.15, 0.2) is 0 Å². The summed E-state index contributed by atoms with van der Waals surface area (Å²) in [6.45, 7) is 15.6. The first-order valence-electron chi connectivity index (χ1n) is 23.5. The van der Waals surface area contributed by atoms with Crippen LogP contribution in [0.15, 0.2) is 116 Å². The Balaban J connectivity index is 0.000000209. The number of halogens is 4. The summed E-state index contributed by atoms with van der Waals surface area (Å²) in [7, 11) is 0. The van der Waals surface area contributed by atoms with Gasteiger partial charge in [-0.15, -0.1) is 0 Å². The number of rotatable bonds is 16. The van der Waals surface area contributed by atoms with Gasteiger partial charge in [0.1, 0.15) is 59.8 Å². The van der Waals surface area contributed by atoms with Crippen LogP contribution in [0.2, 0.25) is 20.1 Å². The average Bonchev–Trinajstić information content (AvgIpc) is 3.94. The summed E-state index contributed by atoms with van der Waals surface area (Å²) in [5.74, 6) is 2.56. The molecular weight excluding hydrogens is 1000 g/mol. The van der Waals surface area contributed by atoms with E-state index in [4.69, 9.17) is 75.1 Å². The molecule has 4 heterocycles. The minimum Gasteiger partial charge on any atom is -0.487 e. The van der Waals surface area contributed by atoms with Crippen LogP contribution < -0.4 is 18.9 Å². The summed E-state index contributed by atoms with van der Waals surface area (Å²) in [5.41, 5.74) is 4.23. The summed E-state index contributed by atoms with van der Waals surface area (Å²) in [4.78, 5) is 37.1. The number of hydrogen-bond acceptors (Lipinski definition) is 10. The predicted molar refractivity (Wildman–Crippen MR) is 279 cm³/mol. The molecule has 0 unspecified atom stereocenters. The number of carbonyl (C=O) groups excluding carboxylic acids is 1. The standard InChI is InChI=1S/C32H31Cl2N5O4.C22H25Cl2NO4/c1-3-37-19-35-14-24(37)15-39-28-12-22(32(40)41)7-9-27(28)36-31(39)17-38-16-30(20(38)2)43-25-6-4-5-21(11-25)18-42-29-10-8-23(33)13-26(29)34;1-14-20(12-25(14)21(26)29-22(2,3)4)28-17-7-5-6-15(10-17)13-27-19-9-8-16(23)11-18(19)24/h4-14,19-20,30H,3,15-18H2,1-2H3,(H,40,41);5-11,14,20H,12-13H2,1-4H3/t20-,30-;14-,20-/m00/s1. The Morgan fingerprint density at radius 3 is 1.86 bits per heavy atom. The van der Waals surface area contributed by atoms with Crippen LogP contribution in [0, 0.1) is 0 Å². The molecule has 2 aromatic heterocycles. The Morgan fingerprint density at radius 1 is 0.736 bits per heavy atom. The van der Waals surface area contributed by atoms with Gasteiger partial charge in [0.05, 0.1) is 64.3 Å². The fraction of sp³-hybridized carbons (Fsp3) is 0.333. The minimum absolute atomic E-state index is 0.0137. The van der Waals surface area contributed by atoms with Gasteiger partial charge in [0.2, 0.25) is 0 Å². The van der Waals surface area contributed by atoms with Crippen molar-refractivity contribution >= 4 is 69.5 Å². The predicted octanol–water partition coefficient (Wildman–Crippen LogP) is 12.5. The second-order valence-electron chi connectivity index (χ2n) is 18.7. The molecule has 0 saturated carbocycles. The van der Waals surface area contributed by atoms with Crippen molar-refractivity contribution in [2.75, 3.05) is 13.1 Å². The van der Waals surface area contributed by atoms with E-state index < -0.39 is 11.6 Å². The summed E-state index contributed by atoms with van der Waals surface area (Å²) in [6.07, 6.45) is 3.28. The first-order chi connectivity index (χ1) is 34.4. The van der Waals surface area contributed by atoms with E-state index in [1.165, 1.54) is 0 Å². The number of carboxylic acid groups (broad SMARTS) is 1. The first-order valence-corrected chi connectivity index (χ1v) is 25.0. The van der Waals surface area contributed by atoms with Gasteiger partial charge in [-0.2, -0.15) is 0 Å². The van der Waals surface area contributed by atoms with Gasteiger partial charge in [-0.1, -0.05) is 70.7 Å². The molecule has 378 valence electrons. The quantitative estimate of drug-likeness (QED) is 0.0988. The maximum Gasteiger partial charge on any atom is 0.410 e. The lowest BCUT2D eigenvalue weighted by atomic mass is 10.0. The van der Waals surface area contributed by atoms with E-state index in [0.29, 0.717) is 64.4 Å². The molecule has 0 bridgehead atoms. The van der Waals surface area contributed by atoms with Crippen LogP contribution in [-0.4, -0.2) is 89.1 Å². The number of hydrogen-bond donors (Lipinski definition) is 1. The number of likely N-dealkylation sites (tertiary alicyclic amines) is 2. The van der Waals surface area contributed by atoms with E-state index >= 15 is 0 Å². The molecule has 2 saturated heterocycles. The van der Waals surface area contributed by atoms with Gasteiger partial charge in [0.25, 0.3) is 0 Å². The maximum atomic E-state index is 12.2. The molecule has 14 nitrogen and oxygen atoms in total. The lowest BCUT2D eigenvalue weighted by Crippen LogP contribution is -2.63. The molecule has 2 aliphatic rings. The van der Waals surface area contributed by atoms with Gasteiger partial charge in [-0.25, -0.2) is 19.6 Å². The van der Waals surface area contributed by atoms with Crippen LogP contribution in [0.1, 0.15) is 74.5 Å². The monoisotopic (exact) mass is 1060 g/mol. The molecule has 1 N–H and O–H groups in total. The second-order valence-corrected chi connectivity index (χ2v) is 20.4.